The lowest BCUT2D eigenvalue weighted by Gasteiger charge is -2.04. The lowest BCUT2D eigenvalue weighted by atomic mass is 10.2. The molecular weight excluding hydrogens is 358 g/mol. The minimum atomic E-state index is -0.326. The number of rotatable bonds is 9. The van der Waals surface area contributed by atoms with Crippen LogP contribution in [-0.4, -0.2) is 38.5 Å². The Morgan fingerprint density at radius 1 is 1.04 bits per heavy atom. The van der Waals surface area contributed by atoms with Crippen LogP contribution in [0.1, 0.15) is 39.4 Å². The van der Waals surface area contributed by atoms with Crippen LogP contribution >= 0.6 is 0 Å². The first-order valence-corrected chi connectivity index (χ1v) is 9.03. The molecular formula is C20H21N5O3. The number of carbonyl (C=O) groups is 2. The van der Waals surface area contributed by atoms with Crippen LogP contribution in [0.5, 0.6) is 0 Å². The number of nitrogens with one attached hydrogen (secondary N) is 1. The smallest absolute Gasteiger partial charge is 0.338 e. The van der Waals surface area contributed by atoms with Crippen molar-refractivity contribution >= 4 is 11.9 Å². The Labute approximate surface area is 162 Å². The Balaban J connectivity index is 1.35. The van der Waals surface area contributed by atoms with Crippen LogP contribution in [-0.2, 0) is 17.8 Å². The number of amides is 1. The van der Waals surface area contributed by atoms with Crippen LogP contribution in [0.2, 0.25) is 0 Å². The van der Waals surface area contributed by atoms with Crippen LogP contribution in [0, 0.1) is 0 Å². The van der Waals surface area contributed by atoms with E-state index in [9.17, 15) is 9.59 Å². The molecule has 144 valence electrons. The molecule has 8 nitrogen and oxygen atoms in total. The molecule has 1 amide bonds. The van der Waals surface area contributed by atoms with Crippen molar-refractivity contribution in [3.05, 3.63) is 77.9 Å². The highest BCUT2D eigenvalue weighted by Gasteiger charge is 2.11. The molecule has 0 atom stereocenters. The maximum Gasteiger partial charge on any atom is 0.338 e. The highest BCUT2D eigenvalue weighted by molar-refractivity contribution is 5.91. The van der Waals surface area contributed by atoms with Gasteiger partial charge in [0.2, 0.25) is 0 Å². The van der Waals surface area contributed by atoms with Crippen molar-refractivity contribution in [2.24, 2.45) is 0 Å². The van der Waals surface area contributed by atoms with E-state index in [-0.39, 0.29) is 17.6 Å². The van der Waals surface area contributed by atoms with E-state index in [1.165, 1.54) is 0 Å². The largest absolute Gasteiger partial charge is 0.462 e. The van der Waals surface area contributed by atoms with Gasteiger partial charge >= 0.3 is 5.97 Å². The summed E-state index contributed by atoms with van der Waals surface area (Å²) in [5.41, 5.74) is 1.57. The highest BCUT2D eigenvalue weighted by Crippen LogP contribution is 2.03. The van der Waals surface area contributed by atoms with Gasteiger partial charge in [-0.1, -0.05) is 29.5 Å². The molecule has 0 fully saturated rings. The summed E-state index contributed by atoms with van der Waals surface area (Å²) in [7, 11) is 0. The van der Waals surface area contributed by atoms with Crippen molar-refractivity contribution in [1.82, 2.24) is 25.3 Å². The second-order valence-corrected chi connectivity index (χ2v) is 6.08. The fourth-order valence-electron chi connectivity index (χ4n) is 2.47. The van der Waals surface area contributed by atoms with Gasteiger partial charge in [-0.05, 0) is 37.1 Å². The van der Waals surface area contributed by atoms with E-state index in [1.54, 1.807) is 41.3 Å². The molecule has 0 unspecified atom stereocenters. The average molecular weight is 379 g/mol. The molecule has 1 aromatic carbocycles. The van der Waals surface area contributed by atoms with Gasteiger partial charge in [-0.2, -0.15) is 0 Å². The molecule has 0 saturated carbocycles. The molecule has 3 aromatic rings. The molecule has 1 N–H and O–H groups in total. The van der Waals surface area contributed by atoms with E-state index in [1.807, 2.05) is 24.3 Å². The van der Waals surface area contributed by atoms with E-state index in [4.69, 9.17) is 4.74 Å². The molecule has 0 bridgehead atoms. The first kappa shape index (κ1) is 19.2. The Bertz CT molecular complexity index is 896. The number of esters is 1. The van der Waals surface area contributed by atoms with Crippen LogP contribution < -0.4 is 5.32 Å². The lowest BCUT2D eigenvalue weighted by molar-refractivity contribution is 0.0496. The third kappa shape index (κ3) is 5.73. The van der Waals surface area contributed by atoms with Gasteiger partial charge in [-0.15, -0.1) is 5.10 Å². The normalized spacial score (nSPS) is 10.4. The zero-order chi connectivity index (χ0) is 19.6. The van der Waals surface area contributed by atoms with Crippen molar-refractivity contribution in [2.75, 3.05) is 6.61 Å². The molecule has 0 aliphatic rings. The molecule has 0 radical (unpaired) electrons. The number of hydrogen-bond acceptors (Lipinski definition) is 6. The number of hydrogen-bond donors (Lipinski definition) is 1. The molecule has 0 spiro atoms. The molecule has 2 heterocycles. The minimum Gasteiger partial charge on any atom is -0.462 e. The van der Waals surface area contributed by atoms with Crippen LogP contribution in [0.25, 0.3) is 0 Å². The lowest BCUT2D eigenvalue weighted by Crippen LogP contribution is -2.23. The number of ether oxygens (including phenoxy) is 1. The number of aromatic nitrogens is 4. The predicted molar refractivity (Wildman–Crippen MR) is 101 cm³/mol. The Morgan fingerprint density at radius 3 is 2.64 bits per heavy atom. The monoisotopic (exact) mass is 379 g/mol. The van der Waals surface area contributed by atoms with Crippen molar-refractivity contribution in [1.29, 1.82) is 0 Å². The predicted octanol–water partition coefficient (Wildman–Crippen LogP) is 2.24. The second-order valence-electron chi connectivity index (χ2n) is 6.08. The molecule has 8 heteroatoms. The van der Waals surface area contributed by atoms with Crippen LogP contribution in [0.3, 0.4) is 0 Å². The zero-order valence-corrected chi connectivity index (χ0v) is 15.3. The fourth-order valence-corrected chi connectivity index (χ4v) is 2.47. The molecule has 28 heavy (non-hydrogen) atoms. The fraction of sp³-hybridized carbons (Fsp3) is 0.250. The molecule has 0 aliphatic carbocycles. The Hall–Kier alpha value is -3.55. The zero-order valence-electron chi connectivity index (χ0n) is 15.3. The van der Waals surface area contributed by atoms with E-state index in [0.29, 0.717) is 31.7 Å². The molecule has 0 saturated heterocycles. The number of aryl methyl sites for hydroxylation is 1. The number of carbonyl (C=O) groups excluding carboxylic acids is 2. The van der Waals surface area contributed by atoms with Crippen molar-refractivity contribution in [3.8, 4) is 0 Å². The van der Waals surface area contributed by atoms with Crippen molar-refractivity contribution < 1.29 is 14.3 Å². The quantitative estimate of drug-likeness (QED) is 0.452. The molecule has 0 aliphatic heterocycles. The summed E-state index contributed by atoms with van der Waals surface area (Å²) >= 11 is 0. The first-order valence-electron chi connectivity index (χ1n) is 9.03. The van der Waals surface area contributed by atoms with Gasteiger partial charge in [0, 0.05) is 12.7 Å². The summed E-state index contributed by atoms with van der Waals surface area (Å²) in [6.07, 6.45) is 4.72. The van der Waals surface area contributed by atoms with E-state index >= 15 is 0 Å². The Kier molecular flexibility index (Phi) is 6.84. The van der Waals surface area contributed by atoms with E-state index in [2.05, 4.69) is 20.6 Å². The summed E-state index contributed by atoms with van der Waals surface area (Å²) in [5.74, 6) is -0.623. The highest BCUT2D eigenvalue weighted by atomic mass is 16.5. The van der Waals surface area contributed by atoms with Gasteiger partial charge < -0.3 is 10.1 Å². The van der Waals surface area contributed by atoms with E-state index in [0.717, 1.165) is 12.1 Å². The first-order chi connectivity index (χ1) is 13.7. The topological polar surface area (TPSA) is 99.0 Å². The number of pyridine rings is 1. The third-order valence-corrected chi connectivity index (χ3v) is 3.95. The second kappa shape index (κ2) is 9.96. The summed E-state index contributed by atoms with van der Waals surface area (Å²) in [5, 5.41) is 10.6. The maximum absolute atomic E-state index is 12.1. The minimum absolute atomic E-state index is 0.256. The molecule has 2 aromatic heterocycles. The summed E-state index contributed by atoms with van der Waals surface area (Å²) in [6.45, 7) is 1.25. The SMILES string of the molecule is O=C(OCCCCn1cc(C(=O)NCc2ccccn2)nn1)c1ccccc1. The van der Waals surface area contributed by atoms with Gasteiger partial charge in [0.25, 0.3) is 5.91 Å². The standard InChI is InChI=1S/C20H21N5O3/c26-19(22-14-17-10-4-5-11-21-17)18-15-25(24-23-18)12-6-7-13-28-20(27)16-8-2-1-3-9-16/h1-5,8-11,15H,6-7,12-14H2,(H,22,26). The maximum atomic E-state index is 12.1. The van der Waals surface area contributed by atoms with Crippen molar-refractivity contribution in [3.63, 3.8) is 0 Å². The van der Waals surface area contributed by atoms with Gasteiger partial charge in [-0.3, -0.25) is 14.5 Å². The average Bonchev–Trinajstić information content (AvgIpc) is 3.22. The number of benzene rings is 1. The molecule has 3 rings (SSSR count). The summed E-state index contributed by atoms with van der Waals surface area (Å²) in [4.78, 5) is 28.1. The number of nitrogens with zero attached hydrogens (tertiary/aromatic N) is 4. The summed E-state index contributed by atoms with van der Waals surface area (Å²) in [6, 6.07) is 14.4. The van der Waals surface area contributed by atoms with Gasteiger partial charge in [0.1, 0.15) is 0 Å². The van der Waals surface area contributed by atoms with Crippen molar-refractivity contribution in [2.45, 2.75) is 25.9 Å². The van der Waals surface area contributed by atoms with E-state index < -0.39 is 0 Å². The third-order valence-electron chi connectivity index (χ3n) is 3.95. The van der Waals surface area contributed by atoms with Crippen LogP contribution in [0.15, 0.2) is 60.9 Å². The van der Waals surface area contributed by atoms with Gasteiger partial charge in [0.15, 0.2) is 5.69 Å². The summed E-state index contributed by atoms with van der Waals surface area (Å²) < 4.78 is 6.84. The number of unbranched alkanes of at least 4 members (excludes halogenated alkanes) is 1. The van der Waals surface area contributed by atoms with Crippen LogP contribution in [0.4, 0.5) is 0 Å². The Morgan fingerprint density at radius 2 is 1.86 bits per heavy atom. The van der Waals surface area contributed by atoms with Gasteiger partial charge in [0.05, 0.1) is 30.6 Å². The van der Waals surface area contributed by atoms with Gasteiger partial charge in [-0.25, -0.2) is 4.79 Å².